The Morgan fingerprint density at radius 3 is 1.45 bits per heavy atom. The van der Waals surface area contributed by atoms with Gasteiger partial charge in [0.15, 0.2) is 0 Å². The Morgan fingerprint density at radius 1 is 0.373 bits per heavy atom. The van der Waals surface area contributed by atoms with Crippen LogP contribution in [0.1, 0.15) is 36.1 Å². The van der Waals surface area contributed by atoms with Crippen molar-refractivity contribution in [3.8, 4) is 50.3 Å². The third kappa shape index (κ3) is 6.11. The monoisotopic (exact) mass is 854 g/mol. The third-order valence-electron chi connectivity index (χ3n) is 13.8. The topological polar surface area (TPSA) is 8.17 Å². The highest BCUT2D eigenvalue weighted by atomic mass is 15.1. The summed E-state index contributed by atoms with van der Waals surface area (Å²) in [6, 6.07) is 90.4. The number of rotatable bonds is 8. The van der Waals surface area contributed by atoms with Gasteiger partial charge in [-0.3, -0.25) is 0 Å². The molecule has 0 saturated heterocycles. The zero-order valence-corrected chi connectivity index (χ0v) is 36.6. The van der Waals surface area contributed by atoms with Gasteiger partial charge >= 0.3 is 0 Å². The molecule has 10 aromatic carbocycles. The fourth-order valence-corrected chi connectivity index (χ4v) is 11.1. The van der Waals surface area contributed by atoms with Gasteiger partial charge in [-0.2, -0.15) is 0 Å². The molecule has 0 atom stereocenters. The number of nitrogens with zero attached hydrogens (tertiary/aromatic N) is 2. The summed E-state index contributed by atoms with van der Waals surface area (Å²) in [6.45, 7) is 0. The Labute approximate surface area is 394 Å². The van der Waals surface area contributed by atoms with E-state index in [1.165, 1.54) is 44.5 Å². The molecule has 0 fully saturated rings. The van der Waals surface area contributed by atoms with E-state index in [0.29, 0.717) is 11.1 Å². The predicted octanol–water partition coefficient (Wildman–Crippen LogP) is 16.9. The molecule has 2 heteroatoms. The number of benzene rings is 10. The Balaban J connectivity index is 0.928. The minimum Gasteiger partial charge on any atom is -0.310 e. The summed E-state index contributed by atoms with van der Waals surface area (Å²) >= 11 is 0. The van der Waals surface area contributed by atoms with Crippen LogP contribution in [0, 0.1) is 0 Å². The molecule has 1 spiro atoms. The zero-order valence-electron chi connectivity index (χ0n) is 38.6. The fourth-order valence-electron chi connectivity index (χ4n) is 11.1. The summed E-state index contributed by atoms with van der Waals surface area (Å²) in [4.78, 5) is 2.31. The molecule has 0 aliphatic heterocycles. The molecule has 0 N–H and O–H groups in total. The average molecular weight is 855 g/mol. The third-order valence-corrected chi connectivity index (χ3v) is 13.8. The van der Waals surface area contributed by atoms with E-state index in [-0.39, 0.29) is 12.1 Å². The maximum atomic E-state index is 9.59. The molecule has 2 aliphatic rings. The number of anilines is 3. The number of aromatic nitrogens is 1. The van der Waals surface area contributed by atoms with Crippen molar-refractivity contribution in [2.75, 3.05) is 4.90 Å². The van der Waals surface area contributed by atoms with Gasteiger partial charge in [0.05, 0.1) is 19.4 Å². The number of hydrogen-bond donors (Lipinski definition) is 0. The van der Waals surface area contributed by atoms with Gasteiger partial charge in [0.25, 0.3) is 0 Å². The second-order valence-electron chi connectivity index (χ2n) is 17.4. The van der Waals surface area contributed by atoms with E-state index < -0.39 is 5.41 Å². The van der Waals surface area contributed by atoms with Crippen LogP contribution in [0.15, 0.2) is 255 Å². The minimum atomic E-state index is -0.463. The molecule has 2 aliphatic carbocycles. The molecule has 1 heterocycles. The molecule has 0 amide bonds. The first kappa shape index (κ1) is 36.6. The van der Waals surface area contributed by atoms with Crippen molar-refractivity contribution in [1.29, 1.82) is 0 Å². The molecule has 314 valence electrons. The highest BCUT2D eigenvalue weighted by Gasteiger charge is 2.51. The average Bonchev–Trinajstić information content (AvgIpc) is 4.04. The molecule has 13 rings (SSSR count). The van der Waals surface area contributed by atoms with Crippen LogP contribution in [-0.4, -0.2) is 4.57 Å². The van der Waals surface area contributed by atoms with Crippen LogP contribution in [-0.2, 0) is 5.41 Å². The van der Waals surface area contributed by atoms with Gasteiger partial charge in [-0.15, -0.1) is 0 Å². The Kier molecular flexibility index (Phi) is 8.61. The number of fused-ring (bicyclic) bond motifs is 11. The second kappa shape index (κ2) is 15.8. The molecule has 0 unspecified atom stereocenters. The number of hydrogen-bond acceptors (Lipinski definition) is 1. The van der Waals surface area contributed by atoms with Gasteiger partial charge in [-0.25, -0.2) is 0 Å². The van der Waals surface area contributed by atoms with Crippen molar-refractivity contribution in [3.05, 3.63) is 288 Å². The summed E-state index contributed by atoms with van der Waals surface area (Å²) in [5.41, 5.74) is 20.7. The Bertz CT molecular complexity index is 3720. The molecular formula is C65H44N2. The zero-order chi connectivity index (χ0) is 46.1. The SMILES string of the molecule is [2H]/C(=C(/[2H])c1ccc2c(c1)c(-c1ccccc1)c(-c1ccccc1)n2-c1ccccc1)c1ccc(N(c2ccccc2)c2ccc3c(c2)C2(c4ccccc4-c4ccccc42)c2ccccc2-3)cc1. The molecule has 0 saturated carbocycles. The summed E-state index contributed by atoms with van der Waals surface area (Å²) in [7, 11) is 0. The van der Waals surface area contributed by atoms with E-state index in [1.807, 2.05) is 36.4 Å². The first-order valence-corrected chi connectivity index (χ1v) is 23.0. The molecule has 2 nitrogen and oxygen atoms in total. The lowest BCUT2D eigenvalue weighted by atomic mass is 9.70. The Hall–Kier alpha value is -8.72. The molecular weight excluding hydrogens is 809 g/mol. The van der Waals surface area contributed by atoms with E-state index >= 15 is 0 Å². The van der Waals surface area contributed by atoms with Crippen LogP contribution < -0.4 is 4.90 Å². The normalized spacial score (nSPS) is 13.6. The van der Waals surface area contributed by atoms with Crippen molar-refractivity contribution in [3.63, 3.8) is 0 Å². The maximum absolute atomic E-state index is 9.59. The molecule has 11 aromatic rings. The fraction of sp³-hybridized carbons (Fsp3) is 0.0154. The highest BCUT2D eigenvalue weighted by Crippen LogP contribution is 2.63. The highest BCUT2D eigenvalue weighted by molar-refractivity contribution is 6.07. The maximum Gasteiger partial charge on any atom is 0.0726 e. The van der Waals surface area contributed by atoms with E-state index in [9.17, 15) is 2.74 Å². The second-order valence-corrected chi connectivity index (χ2v) is 17.4. The van der Waals surface area contributed by atoms with E-state index in [0.717, 1.165) is 56.0 Å². The van der Waals surface area contributed by atoms with Crippen LogP contribution in [0.25, 0.3) is 73.3 Å². The van der Waals surface area contributed by atoms with Gasteiger partial charge in [0.1, 0.15) is 0 Å². The lowest BCUT2D eigenvalue weighted by Gasteiger charge is -2.32. The predicted molar refractivity (Wildman–Crippen MR) is 280 cm³/mol. The molecule has 0 bridgehead atoms. The summed E-state index contributed by atoms with van der Waals surface area (Å²) in [5, 5.41) is 1.02. The largest absolute Gasteiger partial charge is 0.310 e. The van der Waals surface area contributed by atoms with Gasteiger partial charge < -0.3 is 9.47 Å². The smallest absolute Gasteiger partial charge is 0.0726 e. The van der Waals surface area contributed by atoms with Gasteiger partial charge in [-0.1, -0.05) is 206 Å². The van der Waals surface area contributed by atoms with Crippen LogP contribution in [0.2, 0.25) is 0 Å². The van der Waals surface area contributed by atoms with Crippen molar-refractivity contribution in [2.24, 2.45) is 0 Å². The summed E-state index contributed by atoms with van der Waals surface area (Å²) in [5.74, 6) is 0. The quantitative estimate of drug-likeness (QED) is 0.138. The van der Waals surface area contributed by atoms with Crippen LogP contribution in [0.4, 0.5) is 17.1 Å². The van der Waals surface area contributed by atoms with Crippen LogP contribution >= 0.6 is 0 Å². The van der Waals surface area contributed by atoms with Crippen molar-refractivity contribution < 1.29 is 2.74 Å². The van der Waals surface area contributed by atoms with Gasteiger partial charge in [0.2, 0.25) is 0 Å². The van der Waals surface area contributed by atoms with Gasteiger partial charge in [0, 0.05) is 33.7 Å². The minimum absolute atomic E-state index is 0.162. The summed E-state index contributed by atoms with van der Waals surface area (Å²) in [6.07, 6.45) is 0. The van der Waals surface area contributed by atoms with Crippen LogP contribution in [0.5, 0.6) is 0 Å². The standard InChI is InChI=1S/C65H44N2/c1-5-19-47(20-6-1)63-57-43-46(37-42-62(57)67(50-25-11-4-12-26-50)64(63)48-21-7-2-8-22-48)34-33-45-35-38-51(39-36-45)66(49-23-9-3-10-24-49)52-40-41-56-55-29-15-18-32-60(55)65(61(56)44-52)58-30-16-13-27-53(58)54-28-14-17-31-59(54)65/h1-44H/b34-33+/i33D,34D. The van der Waals surface area contributed by atoms with Crippen LogP contribution in [0.3, 0.4) is 0 Å². The van der Waals surface area contributed by atoms with Gasteiger partial charge in [-0.05, 0) is 127 Å². The first-order valence-electron chi connectivity index (χ1n) is 24.0. The lowest BCUT2D eigenvalue weighted by molar-refractivity contribution is 0.793. The van der Waals surface area contributed by atoms with Crippen molar-refractivity contribution >= 4 is 40.1 Å². The molecule has 67 heavy (non-hydrogen) atoms. The molecule has 0 radical (unpaired) electrons. The van der Waals surface area contributed by atoms with E-state index in [2.05, 4.69) is 228 Å². The number of para-hydroxylation sites is 2. The first-order chi connectivity index (χ1) is 34.1. The summed E-state index contributed by atoms with van der Waals surface area (Å²) < 4.78 is 21.5. The van der Waals surface area contributed by atoms with E-state index in [1.54, 1.807) is 0 Å². The van der Waals surface area contributed by atoms with Crippen molar-refractivity contribution in [1.82, 2.24) is 4.57 Å². The van der Waals surface area contributed by atoms with Crippen molar-refractivity contribution in [2.45, 2.75) is 5.41 Å². The lowest BCUT2D eigenvalue weighted by Crippen LogP contribution is -2.26. The van der Waals surface area contributed by atoms with E-state index in [4.69, 9.17) is 0 Å². The molecule has 1 aromatic heterocycles. The Morgan fingerprint density at radius 2 is 0.836 bits per heavy atom.